The number of pyridine rings is 1. The number of hydrogen-bond donors (Lipinski definition) is 2. The highest BCUT2D eigenvalue weighted by Crippen LogP contribution is 2.21. The molecule has 0 atom stereocenters. The van der Waals surface area contributed by atoms with Gasteiger partial charge in [-0.05, 0) is 67.6 Å². The molecule has 0 aliphatic carbocycles. The second-order valence-corrected chi connectivity index (χ2v) is 7.90. The molecule has 2 aromatic carbocycles. The molecule has 1 aliphatic heterocycles. The molecule has 7 heteroatoms. The van der Waals surface area contributed by atoms with Gasteiger partial charge in [0.05, 0.1) is 18.9 Å². The van der Waals surface area contributed by atoms with Crippen molar-refractivity contribution in [1.82, 2.24) is 15.2 Å². The molecule has 3 aromatic rings. The molecular weight excluding hydrogens is 416 g/mol. The van der Waals surface area contributed by atoms with Gasteiger partial charge < -0.3 is 20.1 Å². The van der Waals surface area contributed by atoms with Gasteiger partial charge in [0.2, 0.25) is 0 Å². The number of nitrogens with one attached hydrogen (secondary N) is 2. The molecule has 0 spiro atoms. The molecule has 0 bridgehead atoms. The summed E-state index contributed by atoms with van der Waals surface area (Å²) in [6, 6.07) is 21.0. The van der Waals surface area contributed by atoms with Crippen LogP contribution in [-0.4, -0.2) is 55.2 Å². The zero-order valence-electron chi connectivity index (χ0n) is 18.7. The smallest absolute Gasteiger partial charge is 0.251 e. The molecule has 1 saturated heterocycles. The van der Waals surface area contributed by atoms with Crippen LogP contribution in [0.25, 0.3) is 0 Å². The lowest BCUT2D eigenvalue weighted by Gasteiger charge is -2.26. The average molecular weight is 447 g/mol. The summed E-state index contributed by atoms with van der Waals surface area (Å²) in [5, 5.41) is 6.36. The SMILES string of the molecule is O=C(NCCCN1CCOCC1)c1cccc(Nc2ccc(OCc3ccccn3)cc2)c1. The average Bonchev–Trinajstić information content (AvgIpc) is 2.87. The molecular formula is C26H30N4O3. The van der Waals surface area contributed by atoms with Gasteiger partial charge in [-0.15, -0.1) is 0 Å². The lowest BCUT2D eigenvalue weighted by atomic mass is 10.1. The number of amides is 1. The second kappa shape index (κ2) is 12.0. The molecule has 1 fully saturated rings. The molecule has 0 saturated carbocycles. The summed E-state index contributed by atoms with van der Waals surface area (Å²) in [5.41, 5.74) is 3.30. The number of anilines is 2. The van der Waals surface area contributed by atoms with Crippen molar-refractivity contribution in [1.29, 1.82) is 0 Å². The van der Waals surface area contributed by atoms with Gasteiger partial charge in [-0.2, -0.15) is 0 Å². The van der Waals surface area contributed by atoms with Gasteiger partial charge in [0.25, 0.3) is 5.91 Å². The lowest BCUT2D eigenvalue weighted by molar-refractivity contribution is 0.0374. The van der Waals surface area contributed by atoms with Crippen LogP contribution in [0.15, 0.2) is 72.9 Å². The Morgan fingerprint density at radius 2 is 1.85 bits per heavy atom. The molecule has 7 nitrogen and oxygen atoms in total. The van der Waals surface area contributed by atoms with Crippen LogP contribution < -0.4 is 15.4 Å². The molecule has 2 heterocycles. The summed E-state index contributed by atoms with van der Waals surface area (Å²) >= 11 is 0. The molecule has 0 unspecified atom stereocenters. The highest BCUT2D eigenvalue weighted by molar-refractivity contribution is 5.95. The van der Waals surface area contributed by atoms with E-state index in [4.69, 9.17) is 9.47 Å². The van der Waals surface area contributed by atoms with Crippen LogP contribution in [0.1, 0.15) is 22.5 Å². The minimum absolute atomic E-state index is 0.0566. The van der Waals surface area contributed by atoms with Crippen molar-refractivity contribution >= 4 is 17.3 Å². The van der Waals surface area contributed by atoms with Crippen molar-refractivity contribution in [2.75, 3.05) is 44.7 Å². The number of aromatic nitrogens is 1. The summed E-state index contributed by atoms with van der Waals surface area (Å²) in [7, 11) is 0. The zero-order chi connectivity index (χ0) is 22.7. The van der Waals surface area contributed by atoms with Crippen molar-refractivity contribution in [2.24, 2.45) is 0 Å². The highest BCUT2D eigenvalue weighted by atomic mass is 16.5. The van der Waals surface area contributed by atoms with E-state index in [2.05, 4.69) is 20.5 Å². The van der Waals surface area contributed by atoms with Gasteiger partial charge in [0, 0.05) is 42.8 Å². The third-order valence-electron chi connectivity index (χ3n) is 5.42. The van der Waals surface area contributed by atoms with E-state index in [9.17, 15) is 4.79 Å². The Kier molecular flexibility index (Phi) is 8.27. The maximum Gasteiger partial charge on any atom is 0.251 e. The number of nitrogens with zero attached hydrogens (tertiary/aromatic N) is 2. The number of hydrogen-bond acceptors (Lipinski definition) is 6. The van der Waals surface area contributed by atoms with Crippen LogP contribution in [0, 0.1) is 0 Å². The number of carbonyl (C=O) groups is 1. The Morgan fingerprint density at radius 3 is 2.64 bits per heavy atom. The Bertz CT molecular complexity index is 1010. The fourth-order valence-corrected chi connectivity index (χ4v) is 3.61. The Hall–Kier alpha value is -3.42. The van der Waals surface area contributed by atoms with E-state index in [-0.39, 0.29) is 5.91 Å². The molecule has 1 aliphatic rings. The van der Waals surface area contributed by atoms with E-state index in [1.807, 2.05) is 66.7 Å². The van der Waals surface area contributed by atoms with Gasteiger partial charge in [-0.25, -0.2) is 0 Å². The molecule has 2 N–H and O–H groups in total. The maximum absolute atomic E-state index is 12.5. The summed E-state index contributed by atoms with van der Waals surface area (Å²) in [5.74, 6) is 0.718. The first-order valence-corrected chi connectivity index (χ1v) is 11.3. The fraction of sp³-hybridized carbons (Fsp3) is 0.308. The topological polar surface area (TPSA) is 75.7 Å². The first kappa shape index (κ1) is 22.8. The minimum Gasteiger partial charge on any atom is -0.487 e. The summed E-state index contributed by atoms with van der Waals surface area (Å²) in [4.78, 5) is 19.2. The largest absolute Gasteiger partial charge is 0.487 e. The first-order valence-electron chi connectivity index (χ1n) is 11.3. The van der Waals surface area contributed by atoms with Crippen molar-refractivity contribution in [3.63, 3.8) is 0 Å². The zero-order valence-corrected chi connectivity index (χ0v) is 18.7. The summed E-state index contributed by atoms with van der Waals surface area (Å²) in [6.07, 6.45) is 2.68. The fourth-order valence-electron chi connectivity index (χ4n) is 3.61. The molecule has 33 heavy (non-hydrogen) atoms. The van der Waals surface area contributed by atoms with Gasteiger partial charge in [-0.1, -0.05) is 12.1 Å². The Labute approximate surface area is 194 Å². The number of carbonyl (C=O) groups excluding carboxylic acids is 1. The van der Waals surface area contributed by atoms with E-state index in [0.29, 0.717) is 18.7 Å². The first-order chi connectivity index (χ1) is 16.3. The van der Waals surface area contributed by atoms with Crippen molar-refractivity contribution in [2.45, 2.75) is 13.0 Å². The summed E-state index contributed by atoms with van der Waals surface area (Å²) < 4.78 is 11.1. The van der Waals surface area contributed by atoms with Gasteiger partial charge in [0.15, 0.2) is 0 Å². The van der Waals surface area contributed by atoms with Crippen LogP contribution in [0.4, 0.5) is 11.4 Å². The third-order valence-corrected chi connectivity index (χ3v) is 5.42. The van der Waals surface area contributed by atoms with Crippen molar-refractivity contribution in [3.05, 3.63) is 84.2 Å². The molecule has 1 amide bonds. The van der Waals surface area contributed by atoms with Gasteiger partial charge in [-0.3, -0.25) is 14.7 Å². The number of benzene rings is 2. The normalized spacial score (nSPS) is 13.9. The maximum atomic E-state index is 12.5. The third kappa shape index (κ3) is 7.30. The number of rotatable bonds is 10. The standard InChI is InChI=1S/C26H30N4O3/c31-26(28-13-4-14-30-15-17-32-18-16-30)21-5-3-7-23(19-21)29-22-8-10-25(11-9-22)33-20-24-6-1-2-12-27-24/h1-3,5-12,19,29H,4,13-18,20H2,(H,28,31). The molecule has 0 radical (unpaired) electrons. The van der Waals surface area contributed by atoms with Crippen molar-refractivity contribution < 1.29 is 14.3 Å². The molecule has 1 aromatic heterocycles. The quantitative estimate of drug-likeness (QED) is 0.461. The van der Waals surface area contributed by atoms with Gasteiger partial charge in [0.1, 0.15) is 12.4 Å². The van der Waals surface area contributed by atoms with E-state index in [1.165, 1.54) is 0 Å². The Balaban J connectivity index is 1.23. The second-order valence-electron chi connectivity index (χ2n) is 7.90. The van der Waals surface area contributed by atoms with Crippen molar-refractivity contribution in [3.8, 4) is 5.75 Å². The summed E-state index contributed by atoms with van der Waals surface area (Å²) in [6.45, 7) is 5.61. The monoisotopic (exact) mass is 446 g/mol. The minimum atomic E-state index is -0.0566. The van der Waals surface area contributed by atoms with Crippen LogP contribution in [0.2, 0.25) is 0 Å². The number of ether oxygens (including phenoxy) is 2. The highest BCUT2D eigenvalue weighted by Gasteiger charge is 2.10. The van der Waals surface area contributed by atoms with Gasteiger partial charge >= 0.3 is 0 Å². The molecule has 4 rings (SSSR count). The predicted molar refractivity (Wildman–Crippen MR) is 129 cm³/mol. The van der Waals surface area contributed by atoms with Crippen LogP contribution >= 0.6 is 0 Å². The molecule has 172 valence electrons. The van der Waals surface area contributed by atoms with Crippen LogP contribution in [0.3, 0.4) is 0 Å². The van der Waals surface area contributed by atoms with E-state index in [0.717, 1.165) is 62.1 Å². The van der Waals surface area contributed by atoms with Crippen LogP contribution in [-0.2, 0) is 11.3 Å². The lowest BCUT2D eigenvalue weighted by Crippen LogP contribution is -2.38. The van der Waals surface area contributed by atoms with Crippen LogP contribution in [0.5, 0.6) is 5.75 Å². The Morgan fingerprint density at radius 1 is 1.00 bits per heavy atom. The predicted octanol–water partition coefficient (Wildman–Crippen LogP) is 3.86. The number of morpholine rings is 1. The van der Waals surface area contributed by atoms with E-state index < -0.39 is 0 Å². The van der Waals surface area contributed by atoms with E-state index >= 15 is 0 Å². The van der Waals surface area contributed by atoms with E-state index in [1.54, 1.807) is 6.20 Å².